The average Bonchev–Trinajstić information content (AvgIpc) is 3.01. The number of nitrogens with zero attached hydrogens (tertiary/aromatic N) is 3. The lowest BCUT2D eigenvalue weighted by Crippen LogP contribution is -2.33. The molecule has 1 aliphatic heterocycles. The zero-order valence-corrected chi connectivity index (χ0v) is 12.3. The molecule has 0 aromatic carbocycles. The first-order valence-electron chi connectivity index (χ1n) is 6.40. The number of imidazole rings is 1. The summed E-state index contributed by atoms with van der Waals surface area (Å²) in [6.45, 7) is -0.625. The molecular formula is C10H13N4O8P. The van der Waals surface area contributed by atoms with Gasteiger partial charge in [0.05, 0.1) is 19.3 Å². The first-order chi connectivity index (χ1) is 10.8. The number of phosphoric ester groups is 1. The van der Waals surface area contributed by atoms with Crippen LogP contribution in [0, 0.1) is 0 Å². The highest BCUT2D eigenvalue weighted by Gasteiger charge is 2.45. The van der Waals surface area contributed by atoms with Gasteiger partial charge in [-0.05, 0) is 0 Å². The van der Waals surface area contributed by atoms with Gasteiger partial charge >= 0.3 is 7.82 Å². The van der Waals surface area contributed by atoms with Crippen LogP contribution in [0.25, 0.3) is 11.2 Å². The maximum Gasteiger partial charge on any atom is 0.469 e. The van der Waals surface area contributed by atoms with Crippen LogP contribution in [0.4, 0.5) is 0 Å². The molecule has 0 bridgehead atoms. The molecule has 3 heterocycles. The summed E-state index contributed by atoms with van der Waals surface area (Å²) >= 11 is 0. The molecule has 4 atom stereocenters. The molecule has 126 valence electrons. The quantitative estimate of drug-likeness (QED) is 0.382. The van der Waals surface area contributed by atoms with Gasteiger partial charge in [-0.2, -0.15) is 0 Å². The molecular weight excluding hydrogens is 335 g/mol. The lowest BCUT2D eigenvalue weighted by atomic mass is 10.1. The van der Waals surface area contributed by atoms with Crippen molar-refractivity contribution in [2.45, 2.75) is 24.5 Å². The van der Waals surface area contributed by atoms with Gasteiger partial charge in [0.25, 0.3) is 5.56 Å². The van der Waals surface area contributed by atoms with Crippen molar-refractivity contribution in [2.75, 3.05) is 6.61 Å². The van der Waals surface area contributed by atoms with Gasteiger partial charge in [-0.3, -0.25) is 13.9 Å². The highest BCUT2D eigenvalue weighted by atomic mass is 31.2. The number of aliphatic hydroxyl groups is 2. The lowest BCUT2D eigenvalue weighted by Gasteiger charge is -2.16. The zero-order valence-electron chi connectivity index (χ0n) is 11.4. The minimum absolute atomic E-state index is 0.0210. The van der Waals surface area contributed by atoms with Crippen LogP contribution >= 0.6 is 7.82 Å². The van der Waals surface area contributed by atoms with Gasteiger partial charge in [0.2, 0.25) is 0 Å². The maximum absolute atomic E-state index is 11.6. The van der Waals surface area contributed by atoms with E-state index < -0.39 is 44.5 Å². The predicted octanol–water partition coefficient (Wildman–Crippen LogP) is -2.15. The Hall–Kier alpha value is -1.66. The molecule has 0 spiro atoms. The number of hydrogen-bond acceptors (Lipinski definition) is 8. The number of ether oxygens (including phenoxy) is 1. The van der Waals surface area contributed by atoms with Crippen molar-refractivity contribution in [1.29, 1.82) is 0 Å². The third kappa shape index (κ3) is 3.05. The van der Waals surface area contributed by atoms with Crippen LogP contribution < -0.4 is 5.56 Å². The van der Waals surface area contributed by atoms with E-state index in [1.165, 1.54) is 10.9 Å². The number of aromatic nitrogens is 4. The first-order valence-corrected chi connectivity index (χ1v) is 7.93. The highest BCUT2D eigenvalue weighted by molar-refractivity contribution is 7.46. The van der Waals surface area contributed by atoms with E-state index in [1.807, 2.05) is 0 Å². The Labute approximate surface area is 127 Å². The molecule has 3 rings (SSSR count). The molecule has 0 amide bonds. The number of nitrogens with one attached hydrogen (secondary N) is 1. The van der Waals surface area contributed by atoms with Crippen LogP contribution in [-0.2, 0) is 13.8 Å². The molecule has 1 aliphatic rings. The first kappa shape index (κ1) is 16.2. The number of fused-ring (bicyclic) bond motifs is 1. The van der Waals surface area contributed by atoms with Crippen LogP contribution in [0.1, 0.15) is 6.23 Å². The highest BCUT2D eigenvalue weighted by Crippen LogP contribution is 2.38. The van der Waals surface area contributed by atoms with Crippen LogP contribution in [0.2, 0.25) is 0 Å². The Kier molecular flexibility index (Phi) is 4.06. The minimum Gasteiger partial charge on any atom is -0.387 e. The van der Waals surface area contributed by atoms with Crippen molar-refractivity contribution >= 4 is 19.0 Å². The van der Waals surface area contributed by atoms with E-state index in [0.717, 1.165) is 6.33 Å². The van der Waals surface area contributed by atoms with Crippen molar-refractivity contribution in [2.24, 2.45) is 0 Å². The summed E-state index contributed by atoms with van der Waals surface area (Å²) in [4.78, 5) is 39.1. The summed E-state index contributed by atoms with van der Waals surface area (Å²) in [5.41, 5.74) is -0.336. The normalized spacial score (nSPS) is 28.5. The van der Waals surface area contributed by atoms with Gasteiger partial charge in [0.15, 0.2) is 17.4 Å². The number of aromatic amines is 1. The summed E-state index contributed by atoms with van der Waals surface area (Å²) in [5, 5.41) is 20.0. The van der Waals surface area contributed by atoms with Gasteiger partial charge in [-0.25, -0.2) is 14.5 Å². The van der Waals surface area contributed by atoms with Gasteiger partial charge < -0.3 is 29.7 Å². The minimum atomic E-state index is -4.74. The van der Waals surface area contributed by atoms with Gasteiger partial charge in [-0.1, -0.05) is 0 Å². The van der Waals surface area contributed by atoms with E-state index in [2.05, 4.69) is 19.5 Å². The second kappa shape index (κ2) is 5.76. The van der Waals surface area contributed by atoms with Crippen molar-refractivity contribution in [3.8, 4) is 0 Å². The topological polar surface area (TPSA) is 180 Å². The number of hydrogen-bond donors (Lipinski definition) is 5. The molecule has 0 saturated carbocycles. The Morgan fingerprint density at radius 2 is 2.09 bits per heavy atom. The van der Waals surface area contributed by atoms with Gasteiger partial charge in [0.1, 0.15) is 18.3 Å². The van der Waals surface area contributed by atoms with E-state index >= 15 is 0 Å². The second-order valence-electron chi connectivity index (χ2n) is 4.89. The van der Waals surface area contributed by atoms with Gasteiger partial charge in [0, 0.05) is 0 Å². The third-order valence-corrected chi connectivity index (χ3v) is 3.87. The Balaban J connectivity index is 1.87. The molecule has 0 aliphatic carbocycles. The summed E-state index contributed by atoms with van der Waals surface area (Å²) in [5.74, 6) is 0. The van der Waals surface area contributed by atoms with Crippen molar-refractivity contribution in [3.63, 3.8) is 0 Å². The Bertz CT molecular complexity index is 815. The molecule has 13 heteroatoms. The Morgan fingerprint density at radius 3 is 2.78 bits per heavy atom. The average molecular weight is 348 g/mol. The third-order valence-electron chi connectivity index (χ3n) is 3.38. The molecule has 12 nitrogen and oxygen atoms in total. The molecule has 0 radical (unpaired) electrons. The Morgan fingerprint density at radius 1 is 1.35 bits per heavy atom. The molecule has 2 aromatic rings. The monoisotopic (exact) mass is 348 g/mol. The fourth-order valence-corrected chi connectivity index (χ4v) is 2.66. The molecule has 1 fully saturated rings. The molecule has 1 saturated heterocycles. The number of aliphatic hydroxyl groups excluding tert-OH is 2. The van der Waals surface area contributed by atoms with Crippen LogP contribution in [0.3, 0.4) is 0 Å². The summed E-state index contributed by atoms with van der Waals surface area (Å²) in [7, 11) is -4.74. The van der Waals surface area contributed by atoms with Crippen LogP contribution in [0.5, 0.6) is 0 Å². The molecule has 2 aromatic heterocycles. The number of H-pyrrole nitrogens is 1. The number of rotatable bonds is 4. The van der Waals surface area contributed by atoms with Crippen LogP contribution in [-0.4, -0.2) is 64.4 Å². The van der Waals surface area contributed by atoms with Gasteiger partial charge in [-0.15, -0.1) is 0 Å². The lowest BCUT2D eigenvalue weighted by molar-refractivity contribution is -0.0504. The summed E-state index contributed by atoms with van der Waals surface area (Å²) < 4.78 is 21.6. The maximum atomic E-state index is 11.6. The van der Waals surface area contributed by atoms with Crippen molar-refractivity contribution in [1.82, 2.24) is 19.5 Å². The van der Waals surface area contributed by atoms with E-state index in [1.54, 1.807) is 0 Å². The summed E-state index contributed by atoms with van der Waals surface area (Å²) in [6.07, 6.45) is -2.85. The molecule has 5 N–H and O–H groups in total. The van der Waals surface area contributed by atoms with Crippen LogP contribution in [0.15, 0.2) is 17.4 Å². The SMILES string of the molecule is O=c1[nH]cnc2c1ncn2[C@@H]1O[C@@H](COP(=O)(O)O)[C@H](O)[C@H]1O. The standard InChI is InChI=1S/C10H13N4O8P/c15-6-4(1-21-23(18,19)20)22-10(7(6)16)14-3-13-5-8(14)11-2-12-9(5)17/h2-4,6-7,10,15-16H,1H2,(H,11,12,17)(H2,18,19,20)/t4-,6-,7+,10+/m0/s1. The smallest absolute Gasteiger partial charge is 0.387 e. The zero-order chi connectivity index (χ0) is 16.8. The fraction of sp³-hybridized carbons (Fsp3) is 0.500. The second-order valence-corrected chi connectivity index (χ2v) is 6.13. The molecule has 0 unspecified atom stereocenters. The largest absolute Gasteiger partial charge is 0.469 e. The predicted molar refractivity (Wildman–Crippen MR) is 72.1 cm³/mol. The fourth-order valence-electron chi connectivity index (χ4n) is 2.32. The van der Waals surface area contributed by atoms with E-state index in [9.17, 15) is 19.6 Å². The van der Waals surface area contributed by atoms with E-state index in [4.69, 9.17) is 14.5 Å². The van der Waals surface area contributed by atoms with E-state index in [0.29, 0.717) is 0 Å². The van der Waals surface area contributed by atoms with Crippen molar-refractivity contribution in [3.05, 3.63) is 23.0 Å². The molecule has 23 heavy (non-hydrogen) atoms. The van der Waals surface area contributed by atoms with E-state index in [-0.39, 0.29) is 11.2 Å². The number of phosphoric acid groups is 1. The van der Waals surface area contributed by atoms with Crippen molar-refractivity contribution < 1.29 is 33.8 Å². The summed E-state index contributed by atoms with van der Waals surface area (Å²) in [6, 6.07) is 0.